The van der Waals surface area contributed by atoms with Crippen LogP contribution in [0.5, 0.6) is 5.75 Å². The summed E-state index contributed by atoms with van der Waals surface area (Å²) in [4.78, 5) is 27.4. The summed E-state index contributed by atoms with van der Waals surface area (Å²) in [6.07, 6.45) is 6.92. The molecule has 0 spiro atoms. The van der Waals surface area contributed by atoms with Gasteiger partial charge in [0.25, 0.3) is 11.8 Å². The van der Waals surface area contributed by atoms with Crippen LogP contribution in [0.25, 0.3) is 0 Å². The van der Waals surface area contributed by atoms with E-state index in [0.29, 0.717) is 36.1 Å². The Bertz CT molecular complexity index is 1000. The lowest BCUT2D eigenvalue weighted by molar-refractivity contribution is -0.139. The van der Waals surface area contributed by atoms with Gasteiger partial charge in [0.05, 0.1) is 11.6 Å². The lowest BCUT2D eigenvalue weighted by atomic mass is 9.88. The molecule has 1 saturated carbocycles. The molecular formula is C26H31N3O4. The summed E-state index contributed by atoms with van der Waals surface area (Å²) in [5.74, 6) is 1.88. The molecule has 33 heavy (non-hydrogen) atoms. The predicted octanol–water partition coefficient (Wildman–Crippen LogP) is 4.39. The zero-order chi connectivity index (χ0) is 23.2. The molecule has 1 aliphatic heterocycles. The summed E-state index contributed by atoms with van der Waals surface area (Å²) in [5, 5.41) is 11.9. The molecule has 1 aliphatic carbocycles. The number of likely N-dealkylation sites (tertiary alicyclic amines) is 1. The van der Waals surface area contributed by atoms with Gasteiger partial charge in [0.15, 0.2) is 11.9 Å². The van der Waals surface area contributed by atoms with Crippen LogP contribution in [0.15, 0.2) is 40.8 Å². The molecule has 1 aromatic heterocycles. The zero-order valence-corrected chi connectivity index (χ0v) is 19.1. The molecule has 7 nitrogen and oxygen atoms in total. The molecular weight excluding hydrogens is 418 g/mol. The van der Waals surface area contributed by atoms with Crippen LogP contribution in [0.4, 0.5) is 0 Å². The molecule has 0 bridgehead atoms. The minimum Gasteiger partial charge on any atom is -0.481 e. The van der Waals surface area contributed by atoms with E-state index < -0.39 is 6.10 Å². The maximum absolute atomic E-state index is 12.9. The third-order valence-electron chi connectivity index (χ3n) is 6.57. The number of benzene rings is 1. The fraction of sp³-hybridized carbons (Fsp3) is 0.500. The van der Waals surface area contributed by atoms with Crippen molar-refractivity contribution in [1.29, 1.82) is 5.26 Å². The first-order chi connectivity index (χ1) is 16.0. The van der Waals surface area contributed by atoms with Crippen LogP contribution in [0, 0.1) is 11.3 Å². The van der Waals surface area contributed by atoms with E-state index in [-0.39, 0.29) is 17.9 Å². The number of nitrogens with one attached hydrogen (secondary N) is 1. The van der Waals surface area contributed by atoms with E-state index in [9.17, 15) is 9.59 Å². The molecule has 0 radical (unpaired) electrons. The molecule has 174 valence electrons. The molecule has 7 heteroatoms. The molecule has 2 unspecified atom stereocenters. The maximum atomic E-state index is 12.9. The summed E-state index contributed by atoms with van der Waals surface area (Å²) in [7, 11) is 0. The van der Waals surface area contributed by atoms with Crippen LogP contribution >= 0.6 is 0 Å². The number of rotatable bonds is 6. The molecule has 2 aromatic rings. The number of nitrogens with zero attached hydrogens (tertiary/aromatic N) is 2. The first-order valence-electron chi connectivity index (χ1n) is 11.9. The van der Waals surface area contributed by atoms with Crippen molar-refractivity contribution in [2.45, 2.75) is 69.9 Å². The molecule has 2 aliphatic rings. The third kappa shape index (κ3) is 5.75. The van der Waals surface area contributed by atoms with Crippen molar-refractivity contribution in [3.05, 3.63) is 53.5 Å². The average molecular weight is 450 g/mol. The number of furan rings is 1. The van der Waals surface area contributed by atoms with Gasteiger partial charge in [-0.05, 0) is 69.0 Å². The van der Waals surface area contributed by atoms with Crippen LogP contribution in [-0.2, 0) is 4.79 Å². The summed E-state index contributed by atoms with van der Waals surface area (Å²) in [6, 6.07) is 12.3. The largest absolute Gasteiger partial charge is 0.481 e. The van der Waals surface area contributed by atoms with Gasteiger partial charge >= 0.3 is 0 Å². The number of hydrogen-bond donors (Lipinski definition) is 1. The first-order valence-corrected chi connectivity index (χ1v) is 11.9. The van der Waals surface area contributed by atoms with E-state index >= 15 is 0 Å². The van der Waals surface area contributed by atoms with Crippen molar-refractivity contribution < 1.29 is 18.7 Å². The van der Waals surface area contributed by atoms with E-state index in [0.717, 1.165) is 31.4 Å². The maximum Gasteiger partial charge on any atom is 0.287 e. The fourth-order valence-electron chi connectivity index (χ4n) is 4.75. The standard InChI is InChI=1S/C26H31N3O4/c1-18(32-22-11-9-19(16-27)10-12-22)26(31)29-15-5-8-21(17-29)28-25(30)24-14-13-23(33-24)20-6-3-2-4-7-20/h9-14,18,20-21H,2-8,15,17H2,1H3,(H,28,30). The summed E-state index contributed by atoms with van der Waals surface area (Å²) in [6.45, 7) is 2.80. The van der Waals surface area contributed by atoms with Crippen LogP contribution in [0.1, 0.15) is 79.7 Å². The van der Waals surface area contributed by atoms with Gasteiger partial charge in [-0.15, -0.1) is 0 Å². The Balaban J connectivity index is 1.30. The molecule has 1 saturated heterocycles. The quantitative estimate of drug-likeness (QED) is 0.706. The molecule has 4 rings (SSSR count). The monoisotopic (exact) mass is 449 g/mol. The zero-order valence-electron chi connectivity index (χ0n) is 19.1. The highest BCUT2D eigenvalue weighted by Gasteiger charge is 2.29. The van der Waals surface area contributed by atoms with Crippen molar-refractivity contribution in [3.8, 4) is 11.8 Å². The highest BCUT2D eigenvalue weighted by Crippen LogP contribution is 2.33. The number of hydrogen-bond acceptors (Lipinski definition) is 5. The van der Waals surface area contributed by atoms with E-state index in [4.69, 9.17) is 14.4 Å². The van der Waals surface area contributed by atoms with E-state index in [2.05, 4.69) is 11.4 Å². The second kappa shape index (κ2) is 10.6. The Hall–Kier alpha value is -3.27. The average Bonchev–Trinajstić information content (AvgIpc) is 3.35. The lowest BCUT2D eigenvalue weighted by Crippen LogP contribution is -2.52. The number of ether oxygens (including phenoxy) is 1. The van der Waals surface area contributed by atoms with Crippen molar-refractivity contribution >= 4 is 11.8 Å². The van der Waals surface area contributed by atoms with E-state index in [1.54, 1.807) is 42.2 Å². The van der Waals surface area contributed by atoms with Crippen molar-refractivity contribution in [2.75, 3.05) is 13.1 Å². The van der Waals surface area contributed by atoms with Crippen LogP contribution in [0.3, 0.4) is 0 Å². The number of carbonyl (C=O) groups is 2. The fourth-order valence-corrected chi connectivity index (χ4v) is 4.75. The molecule has 2 fully saturated rings. The van der Waals surface area contributed by atoms with Crippen molar-refractivity contribution in [2.24, 2.45) is 0 Å². The van der Waals surface area contributed by atoms with Crippen LogP contribution in [-0.4, -0.2) is 41.9 Å². The molecule has 2 heterocycles. The SMILES string of the molecule is CC(Oc1ccc(C#N)cc1)C(=O)N1CCCC(NC(=O)c2ccc(C3CCCCC3)o2)C1. The van der Waals surface area contributed by atoms with Crippen molar-refractivity contribution in [3.63, 3.8) is 0 Å². The van der Waals surface area contributed by atoms with Gasteiger partial charge in [0.1, 0.15) is 11.5 Å². The Morgan fingerprint density at radius 2 is 1.85 bits per heavy atom. The third-order valence-corrected chi connectivity index (χ3v) is 6.57. The Labute approximate surface area is 194 Å². The van der Waals surface area contributed by atoms with Crippen LogP contribution in [0.2, 0.25) is 0 Å². The van der Waals surface area contributed by atoms with Gasteiger partial charge in [0.2, 0.25) is 0 Å². The van der Waals surface area contributed by atoms with Gasteiger partial charge in [-0.1, -0.05) is 19.3 Å². The topological polar surface area (TPSA) is 95.6 Å². The van der Waals surface area contributed by atoms with Gasteiger partial charge in [0, 0.05) is 25.0 Å². The smallest absolute Gasteiger partial charge is 0.287 e. The number of nitriles is 1. The van der Waals surface area contributed by atoms with E-state index in [1.165, 1.54) is 19.3 Å². The summed E-state index contributed by atoms with van der Waals surface area (Å²) >= 11 is 0. The van der Waals surface area contributed by atoms with Crippen molar-refractivity contribution in [1.82, 2.24) is 10.2 Å². The minimum atomic E-state index is -0.657. The molecule has 1 N–H and O–H groups in total. The second-order valence-electron chi connectivity index (χ2n) is 9.03. The normalized spacial score (nSPS) is 20.0. The number of carbonyl (C=O) groups excluding carboxylic acids is 2. The second-order valence-corrected chi connectivity index (χ2v) is 9.03. The molecule has 1 aromatic carbocycles. The number of piperidine rings is 1. The van der Waals surface area contributed by atoms with Gasteiger partial charge in [-0.2, -0.15) is 5.26 Å². The predicted molar refractivity (Wildman–Crippen MR) is 123 cm³/mol. The Morgan fingerprint density at radius 1 is 1.09 bits per heavy atom. The van der Waals surface area contributed by atoms with Crippen LogP contribution < -0.4 is 10.1 Å². The number of amides is 2. The molecule has 2 atom stereocenters. The van der Waals surface area contributed by atoms with Gasteiger partial charge in [-0.3, -0.25) is 9.59 Å². The van der Waals surface area contributed by atoms with Gasteiger partial charge in [-0.25, -0.2) is 0 Å². The summed E-state index contributed by atoms with van der Waals surface area (Å²) in [5.41, 5.74) is 0.540. The lowest BCUT2D eigenvalue weighted by Gasteiger charge is -2.34. The first kappa shape index (κ1) is 22.9. The Morgan fingerprint density at radius 3 is 2.58 bits per heavy atom. The summed E-state index contributed by atoms with van der Waals surface area (Å²) < 4.78 is 11.7. The highest BCUT2D eigenvalue weighted by molar-refractivity contribution is 5.91. The van der Waals surface area contributed by atoms with E-state index in [1.807, 2.05) is 6.07 Å². The van der Waals surface area contributed by atoms with Gasteiger partial charge < -0.3 is 19.4 Å². The Kier molecular flexibility index (Phi) is 7.33. The minimum absolute atomic E-state index is 0.115. The highest BCUT2D eigenvalue weighted by atomic mass is 16.5. The molecule has 2 amide bonds.